The van der Waals surface area contributed by atoms with Crippen LogP contribution < -0.4 is 25.8 Å². The Morgan fingerprint density at radius 3 is 2.29 bits per heavy atom. The maximum Gasteiger partial charge on any atom is 0.416 e. The van der Waals surface area contributed by atoms with Crippen LogP contribution in [0.4, 0.5) is 46.7 Å². The third-order valence-electron chi connectivity index (χ3n) is 6.38. The van der Waals surface area contributed by atoms with Crippen LogP contribution in [-0.4, -0.2) is 75.1 Å². The zero-order chi connectivity index (χ0) is 30.3. The van der Waals surface area contributed by atoms with Gasteiger partial charge in [0.15, 0.2) is 0 Å². The number of benzene rings is 2. The number of anilines is 5. The van der Waals surface area contributed by atoms with Gasteiger partial charge >= 0.3 is 12.2 Å². The first kappa shape index (κ1) is 31.1. The lowest BCUT2D eigenvalue weighted by molar-refractivity contribution is -0.137. The Labute approximate surface area is 237 Å². The van der Waals surface area contributed by atoms with Crippen molar-refractivity contribution in [3.8, 4) is 0 Å². The van der Waals surface area contributed by atoms with Gasteiger partial charge in [-0.2, -0.15) is 13.2 Å². The van der Waals surface area contributed by atoms with Crippen LogP contribution in [0.1, 0.15) is 27.9 Å². The molecule has 0 fully saturated rings. The molecule has 0 saturated heterocycles. The first-order valence-electron chi connectivity index (χ1n) is 12.8. The summed E-state index contributed by atoms with van der Waals surface area (Å²) in [7, 11) is 8.87. The van der Waals surface area contributed by atoms with Crippen molar-refractivity contribution in [2.24, 2.45) is 0 Å². The van der Waals surface area contributed by atoms with Crippen LogP contribution in [0, 0.1) is 6.92 Å². The highest BCUT2D eigenvalue weighted by molar-refractivity contribution is 6.08. The molecule has 0 saturated carbocycles. The highest BCUT2D eigenvalue weighted by Gasteiger charge is 2.31. The van der Waals surface area contributed by atoms with E-state index in [1.54, 1.807) is 39.2 Å². The summed E-state index contributed by atoms with van der Waals surface area (Å²) in [5.74, 6) is 0.257. The Hall–Kier alpha value is -4.39. The summed E-state index contributed by atoms with van der Waals surface area (Å²) < 4.78 is 40.5. The SMILES string of the molecule is CNc1cc(N(C)C(=O)Nc2cc(C(=O)Nc3cc(C(F)(F)F)ccc3N(C)CCCN(C)C)ccc2C)ncn1. The van der Waals surface area contributed by atoms with E-state index in [1.807, 2.05) is 23.9 Å². The lowest BCUT2D eigenvalue weighted by Gasteiger charge is -2.24. The van der Waals surface area contributed by atoms with Crippen molar-refractivity contribution >= 4 is 40.6 Å². The normalized spacial score (nSPS) is 11.3. The molecule has 0 radical (unpaired) electrons. The molecule has 3 amide bonds. The Kier molecular flexibility index (Phi) is 10.1. The Bertz CT molecular complexity index is 1380. The number of aryl methyl sites for hydroxylation is 1. The summed E-state index contributed by atoms with van der Waals surface area (Å²) in [6.45, 7) is 3.13. The highest BCUT2D eigenvalue weighted by Crippen LogP contribution is 2.35. The maximum absolute atomic E-state index is 13.5. The second kappa shape index (κ2) is 13.3. The smallest absolute Gasteiger partial charge is 0.373 e. The van der Waals surface area contributed by atoms with Crippen molar-refractivity contribution in [1.29, 1.82) is 0 Å². The number of carbonyl (C=O) groups excluding carboxylic acids is 2. The van der Waals surface area contributed by atoms with Gasteiger partial charge in [0.1, 0.15) is 18.0 Å². The van der Waals surface area contributed by atoms with Crippen LogP contribution in [0.25, 0.3) is 0 Å². The molecule has 10 nitrogen and oxygen atoms in total. The van der Waals surface area contributed by atoms with Gasteiger partial charge in [0, 0.05) is 45.0 Å². The quantitative estimate of drug-likeness (QED) is 0.308. The second-order valence-corrected chi connectivity index (χ2v) is 9.79. The molecule has 0 aliphatic carbocycles. The molecule has 3 N–H and O–H groups in total. The van der Waals surface area contributed by atoms with E-state index in [0.29, 0.717) is 35.1 Å². The molecule has 0 aliphatic heterocycles. The number of hydrogen-bond acceptors (Lipinski definition) is 7. The predicted molar refractivity (Wildman–Crippen MR) is 156 cm³/mol. The lowest BCUT2D eigenvalue weighted by atomic mass is 10.1. The van der Waals surface area contributed by atoms with E-state index in [-0.39, 0.29) is 11.3 Å². The molecule has 0 bridgehead atoms. The van der Waals surface area contributed by atoms with E-state index in [0.717, 1.165) is 25.1 Å². The number of hydrogen-bond donors (Lipinski definition) is 3. The van der Waals surface area contributed by atoms with Crippen LogP contribution in [0.2, 0.25) is 0 Å². The van der Waals surface area contributed by atoms with E-state index < -0.39 is 23.7 Å². The van der Waals surface area contributed by atoms with Crippen LogP contribution in [0.3, 0.4) is 0 Å². The predicted octanol–water partition coefficient (Wildman–Crippen LogP) is 5.15. The minimum Gasteiger partial charge on any atom is -0.373 e. The monoisotopic (exact) mass is 572 g/mol. The third-order valence-corrected chi connectivity index (χ3v) is 6.38. The van der Waals surface area contributed by atoms with E-state index >= 15 is 0 Å². The highest BCUT2D eigenvalue weighted by atomic mass is 19.4. The molecule has 0 aliphatic rings. The van der Waals surface area contributed by atoms with E-state index in [9.17, 15) is 22.8 Å². The Morgan fingerprint density at radius 2 is 1.63 bits per heavy atom. The number of carbonyl (C=O) groups is 2. The minimum absolute atomic E-state index is 0.0344. The van der Waals surface area contributed by atoms with Crippen molar-refractivity contribution < 1.29 is 22.8 Å². The molecular formula is C28H35F3N8O2. The van der Waals surface area contributed by atoms with Gasteiger partial charge in [-0.3, -0.25) is 9.69 Å². The van der Waals surface area contributed by atoms with Gasteiger partial charge in [-0.05, 0) is 69.9 Å². The number of amides is 3. The van der Waals surface area contributed by atoms with Gasteiger partial charge in [-0.15, -0.1) is 0 Å². The average molecular weight is 573 g/mol. The first-order chi connectivity index (χ1) is 19.3. The van der Waals surface area contributed by atoms with Crippen LogP contribution in [0.5, 0.6) is 0 Å². The number of alkyl halides is 3. The average Bonchev–Trinajstić information content (AvgIpc) is 2.92. The van der Waals surface area contributed by atoms with Crippen molar-refractivity contribution in [3.05, 3.63) is 65.5 Å². The number of rotatable bonds is 10. The Morgan fingerprint density at radius 1 is 0.902 bits per heavy atom. The minimum atomic E-state index is -4.58. The molecule has 2 aromatic carbocycles. The van der Waals surface area contributed by atoms with Crippen molar-refractivity contribution in [1.82, 2.24) is 14.9 Å². The molecule has 220 valence electrons. The summed E-state index contributed by atoms with van der Waals surface area (Å²) in [5.41, 5.74) is 0.825. The summed E-state index contributed by atoms with van der Waals surface area (Å²) in [6, 6.07) is 9.05. The summed E-state index contributed by atoms with van der Waals surface area (Å²) in [4.78, 5) is 39.4. The Balaban J connectivity index is 1.84. The molecule has 0 atom stereocenters. The number of nitrogens with one attached hydrogen (secondary N) is 3. The number of aromatic nitrogens is 2. The van der Waals surface area contributed by atoms with Crippen LogP contribution in [0.15, 0.2) is 48.8 Å². The third kappa shape index (κ3) is 8.30. The topological polar surface area (TPSA) is 106 Å². The fourth-order valence-electron chi connectivity index (χ4n) is 3.95. The number of halogens is 3. The summed E-state index contributed by atoms with van der Waals surface area (Å²) in [6.07, 6.45) is -2.48. The van der Waals surface area contributed by atoms with E-state index in [2.05, 4.69) is 25.9 Å². The van der Waals surface area contributed by atoms with Crippen molar-refractivity contribution in [2.45, 2.75) is 19.5 Å². The zero-order valence-corrected chi connectivity index (χ0v) is 23.9. The van der Waals surface area contributed by atoms with Gasteiger partial charge in [0.05, 0.1) is 16.9 Å². The van der Waals surface area contributed by atoms with Crippen molar-refractivity contribution in [3.63, 3.8) is 0 Å². The van der Waals surface area contributed by atoms with E-state index in [4.69, 9.17) is 0 Å². The van der Waals surface area contributed by atoms with Gasteiger partial charge in [-0.1, -0.05) is 6.07 Å². The molecular weight excluding hydrogens is 537 g/mol. The molecule has 1 aromatic heterocycles. The fraction of sp³-hybridized carbons (Fsp3) is 0.357. The summed E-state index contributed by atoms with van der Waals surface area (Å²) >= 11 is 0. The molecule has 1 heterocycles. The van der Waals surface area contributed by atoms with Crippen LogP contribution in [-0.2, 0) is 6.18 Å². The molecule has 3 rings (SSSR count). The molecule has 0 spiro atoms. The molecule has 0 unspecified atom stereocenters. The largest absolute Gasteiger partial charge is 0.416 e. The zero-order valence-electron chi connectivity index (χ0n) is 23.9. The van der Waals surface area contributed by atoms with E-state index in [1.165, 1.54) is 30.4 Å². The fourth-order valence-corrected chi connectivity index (χ4v) is 3.95. The van der Waals surface area contributed by atoms with Gasteiger partial charge < -0.3 is 25.8 Å². The lowest BCUT2D eigenvalue weighted by Crippen LogP contribution is -2.32. The number of nitrogens with zero attached hydrogens (tertiary/aromatic N) is 5. The number of urea groups is 1. The summed E-state index contributed by atoms with van der Waals surface area (Å²) in [5, 5.41) is 8.28. The van der Waals surface area contributed by atoms with Gasteiger partial charge in [-0.25, -0.2) is 14.8 Å². The molecule has 41 heavy (non-hydrogen) atoms. The van der Waals surface area contributed by atoms with Gasteiger partial charge in [0.25, 0.3) is 5.91 Å². The maximum atomic E-state index is 13.5. The van der Waals surface area contributed by atoms with Crippen LogP contribution >= 0.6 is 0 Å². The molecule has 13 heteroatoms. The molecule has 3 aromatic rings. The van der Waals surface area contributed by atoms with Crippen molar-refractivity contribution in [2.75, 3.05) is 74.1 Å². The van der Waals surface area contributed by atoms with Gasteiger partial charge in [0.2, 0.25) is 0 Å². The first-order valence-corrected chi connectivity index (χ1v) is 12.8. The standard InChI is InChI=1S/C28H35F3N8O2/c1-18-8-9-19(14-21(18)36-27(41)39(6)25-16-24(32-2)33-17-34-25)26(40)35-22-15-20(28(29,30)31)10-11-23(22)38(5)13-7-12-37(3)4/h8-11,14-17H,7,12-13H2,1-6H3,(H,35,40)(H,36,41)(H,32,33,34). The second-order valence-electron chi connectivity index (χ2n) is 9.79.